The molecule has 6 nitrogen and oxygen atoms in total. The lowest BCUT2D eigenvalue weighted by molar-refractivity contribution is -0.385. The lowest BCUT2D eigenvalue weighted by atomic mass is 10.0. The van der Waals surface area contributed by atoms with Crippen molar-refractivity contribution in [1.29, 1.82) is 0 Å². The minimum atomic E-state index is -1.33. The lowest BCUT2D eigenvalue weighted by Crippen LogP contribution is -2.19. The predicted molar refractivity (Wildman–Crippen MR) is 73.0 cm³/mol. The molecule has 1 aromatic carbocycles. The second-order valence-corrected chi connectivity index (χ2v) is 4.40. The average molecular weight is 279 g/mol. The van der Waals surface area contributed by atoms with Crippen LogP contribution < -0.4 is 0 Å². The van der Waals surface area contributed by atoms with E-state index >= 15 is 0 Å². The number of carbonyl (C=O) groups is 1. The second-order valence-electron chi connectivity index (χ2n) is 4.40. The molecule has 0 amide bonds. The van der Waals surface area contributed by atoms with Gasteiger partial charge in [0.1, 0.15) is 6.10 Å². The van der Waals surface area contributed by atoms with Gasteiger partial charge in [-0.2, -0.15) is 0 Å². The fourth-order valence-electron chi connectivity index (χ4n) is 1.46. The summed E-state index contributed by atoms with van der Waals surface area (Å²) in [6.45, 7) is 7.08. The number of esters is 1. The quantitative estimate of drug-likeness (QED) is 0.374. The molecule has 2 unspecified atom stereocenters. The average Bonchev–Trinajstić information content (AvgIpc) is 2.45. The minimum Gasteiger partial charge on any atom is -0.459 e. The Hall–Kier alpha value is -2.21. The van der Waals surface area contributed by atoms with Crippen LogP contribution in [0.25, 0.3) is 0 Å². The number of hydrogen-bond acceptors (Lipinski definition) is 5. The molecule has 20 heavy (non-hydrogen) atoms. The molecule has 1 rings (SSSR count). The standard InChI is InChI=1S/C14H17NO5/c1-4-9(2)20-14(17)10(3)13(16)11-6-5-7-12(8-11)15(18)19/h5-9,13,16H,3-4H2,1-2H3. The van der Waals surface area contributed by atoms with Crippen LogP contribution in [0.2, 0.25) is 0 Å². The molecule has 1 aromatic rings. The van der Waals surface area contributed by atoms with Gasteiger partial charge in [-0.15, -0.1) is 0 Å². The number of benzene rings is 1. The molecular weight excluding hydrogens is 262 g/mol. The van der Waals surface area contributed by atoms with E-state index in [0.717, 1.165) is 0 Å². The van der Waals surface area contributed by atoms with E-state index in [1.807, 2.05) is 6.92 Å². The van der Waals surface area contributed by atoms with Crippen molar-refractivity contribution in [2.75, 3.05) is 0 Å². The van der Waals surface area contributed by atoms with Crippen molar-refractivity contribution in [2.24, 2.45) is 0 Å². The molecule has 0 spiro atoms. The number of nitro benzene ring substituents is 1. The number of hydrogen-bond donors (Lipinski definition) is 1. The number of carbonyl (C=O) groups excluding carboxylic acids is 1. The maximum Gasteiger partial charge on any atom is 0.336 e. The van der Waals surface area contributed by atoms with Gasteiger partial charge in [0.2, 0.25) is 0 Å². The second kappa shape index (κ2) is 6.81. The van der Waals surface area contributed by atoms with E-state index in [4.69, 9.17) is 4.74 Å². The van der Waals surface area contributed by atoms with E-state index in [2.05, 4.69) is 6.58 Å². The molecule has 1 N–H and O–H groups in total. The summed E-state index contributed by atoms with van der Waals surface area (Å²) in [6.07, 6.45) is -0.964. The zero-order valence-corrected chi connectivity index (χ0v) is 11.4. The highest BCUT2D eigenvalue weighted by Crippen LogP contribution is 2.25. The third kappa shape index (κ3) is 3.89. The maximum absolute atomic E-state index is 11.7. The van der Waals surface area contributed by atoms with Gasteiger partial charge in [0.15, 0.2) is 0 Å². The Morgan fingerprint density at radius 1 is 1.55 bits per heavy atom. The van der Waals surface area contributed by atoms with E-state index in [1.165, 1.54) is 24.3 Å². The number of aliphatic hydroxyl groups excluding tert-OH is 1. The first-order valence-corrected chi connectivity index (χ1v) is 6.19. The maximum atomic E-state index is 11.7. The molecule has 0 saturated heterocycles. The Balaban J connectivity index is 2.86. The molecule has 0 aliphatic rings. The first-order valence-electron chi connectivity index (χ1n) is 6.19. The number of aliphatic hydroxyl groups is 1. The molecule has 0 radical (unpaired) electrons. The largest absolute Gasteiger partial charge is 0.459 e. The summed E-state index contributed by atoms with van der Waals surface area (Å²) in [6, 6.07) is 5.42. The normalized spacial score (nSPS) is 13.3. The van der Waals surface area contributed by atoms with Crippen molar-refractivity contribution in [3.63, 3.8) is 0 Å². The molecule has 2 atom stereocenters. The van der Waals surface area contributed by atoms with E-state index in [0.29, 0.717) is 6.42 Å². The van der Waals surface area contributed by atoms with Crippen molar-refractivity contribution < 1.29 is 19.6 Å². The first-order chi connectivity index (χ1) is 9.36. The summed E-state index contributed by atoms with van der Waals surface area (Å²) in [4.78, 5) is 21.8. The van der Waals surface area contributed by atoms with Gasteiger partial charge in [0.05, 0.1) is 16.6 Å². The molecule has 0 bridgehead atoms. The molecule has 0 aliphatic heterocycles. The first kappa shape index (κ1) is 15.8. The molecule has 0 fully saturated rings. The minimum absolute atomic E-state index is 0.147. The van der Waals surface area contributed by atoms with Gasteiger partial charge in [-0.1, -0.05) is 25.6 Å². The summed E-state index contributed by atoms with van der Waals surface area (Å²) in [5.74, 6) is -0.710. The predicted octanol–water partition coefficient (Wildman–Crippen LogP) is 2.53. The van der Waals surface area contributed by atoms with Crippen LogP contribution in [-0.2, 0) is 9.53 Å². The fourth-order valence-corrected chi connectivity index (χ4v) is 1.46. The number of rotatable bonds is 6. The Labute approximate surface area is 116 Å². The summed E-state index contributed by atoms with van der Waals surface area (Å²) >= 11 is 0. The van der Waals surface area contributed by atoms with Crippen molar-refractivity contribution >= 4 is 11.7 Å². The third-order valence-electron chi connectivity index (χ3n) is 2.87. The Bertz CT molecular complexity index is 526. The number of nitro groups is 1. The van der Waals surface area contributed by atoms with Gasteiger partial charge in [0, 0.05) is 12.1 Å². The number of nitrogens with zero attached hydrogens (tertiary/aromatic N) is 1. The Morgan fingerprint density at radius 3 is 2.75 bits per heavy atom. The van der Waals surface area contributed by atoms with Crippen molar-refractivity contribution in [2.45, 2.75) is 32.5 Å². The van der Waals surface area contributed by atoms with Gasteiger partial charge < -0.3 is 9.84 Å². The van der Waals surface area contributed by atoms with Crippen LogP contribution in [-0.4, -0.2) is 22.1 Å². The van der Waals surface area contributed by atoms with Gasteiger partial charge in [-0.25, -0.2) is 4.79 Å². The summed E-state index contributed by atoms with van der Waals surface area (Å²) < 4.78 is 5.05. The molecule has 0 aromatic heterocycles. The number of non-ortho nitro benzene ring substituents is 1. The molecule has 0 saturated carbocycles. The van der Waals surface area contributed by atoms with Crippen LogP contribution >= 0.6 is 0 Å². The van der Waals surface area contributed by atoms with Crippen LogP contribution in [0.5, 0.6) is 0 Å². The summed E-state index contributed by atoms with van der Waals surface area (Å²) in [5, 5.41) is 20.7. The van der Waals surface area contributed by atoms with Crippen LogP contribution in [0.15, 0.2) is 36.4 Å². The highest BCUT2D eigenvalue weighted by molar-refractivity contribution is 5.89. The smallest absolute Gasteiger partial charge is 0.336 e. The highest BCUT2D eigenvalue weighted by Gasteiger charge is 2.22. The zero-order valence-electron chi connectivity index (χ0n) is 11.4. The Morgan fingerprint density at radius 2 is 2.20 bits per heavy atom. The van der Waals surface area contributed by atoms with Crippen molar-refractivity contribution in [3.05, 3.63) is 52.1 Å². The van der Waals surface area contributed by atoms with Crippen LogP contribution in [0.1, 0.15) is 31.9 Å². The molecular formula is C14H17NO5. The monoisotopic (exact) mass is 279 g/mol. The third-order valence-corrected chi connectivity index (χ3v) is 2.87. The lowest BCUT2D eigenvalue weighted by Gasteiger charge is -2.16. The van der Waals surface area contributed by atoms with Crippen LogP contribution in [0, 0.1) is 10.1 Å². The van der Waals surface area contributed by atoms with Crippen LogP contribution in [0.3, 0.4) is 0 Å². The zero-order chi connectivity index (χ0) is 15.3. The molecule has 0 aliphatic carbocycles. The van der Waals surface area contributed by atoms with E-state index in [9.17, 15) is 20.0 Å². The van der Waals surface area contributed by atoms with Gasteiger partial charge >= 0.3 is 5.97 Å². The number of ether oxygens (including phenoxy) is 1. The molecule has 0 heterocycles. The summed E-state index contributed by atoms with van der Waals surface area (Å²) in [7, 11) is 0. The van der Waals surface area contributed by atoms with Crippen molar-refractivity contribution in [3.8, 4) is 0 Å². The van der Waals surface area contributed by atoms with E-state index in [1.54, 1.807) is 6.92 Å². The Kier molecular flexibility index (Phi) is 5.40. The van der Waals surface area contributed by atoms with Crippen LogP contribution in [0.4, 0.5) is 5.69 Å². The SMILES string of the molecule is C=C(C(=O)OC(C)CC)C(O)c1cccc([N+](=O)[O-])c1. The van der Waals surface area contributed by atoms with Gasteiger partial charge in [0.25, 0.3) is 5.69 Å². The fraction of sp³-hybridized carbons (Fsp3) is 0.357. The topological polar surface area (TPSA) is 89.7 Å². The van der Waals surface area contributed by atoms with E-state index < -0.39 is 17.0 Å². The highest BCUT2D eigenvalue weighted by atomic mass is 16.6. The van der Waals surface area contributed by atoms with Crippen molar-refractivity contribution in [1.82, 2.24) is 0 Å². The van der Waals surface area contributed by atoms with E-state index in [-0.39, 0.29) is 22.9 Å². The molecule has 108 valence electrons. The molecule has 6 heteroatoms. The van der Waals surface area contributed by atoms with Gasteiger partial charge in [-0.05, 0) is 18.9 Å². The van der Waals surface area contributed by atoms with Gasteiger partial charge in [-0.3, -0.25) is 10.1 Å². The summed E-state index contributed by atoms with van der Waals surface area (Å²) in [5.41, 5.74) is -0.0826.